The molecule has 0 amide bonds. The second-order valence-electron chi connectivity index (χ2n) is 7.52. The predicted molar refractivity (Wildman–Crippen MR) is 132 cm³/mol. The van der Waals surface area contributed by atoms with Crippen LogP contribution in [0.5, 0.6) is 0 Å². The second kappa shape index (κ2) is 10.7. The quantitative estimate of drug-likeness (QED) is 0.378. The van der Waals surface area contributed by atoms with E-state index < -0.39 is 0 Å². The van der Waals surface area contributed by atoms with Crippen LogP contribution < -0.4 is 10.9 Å². The highest BCUT2D eigenvalue weighted by molar-refractivity contribution is 6.80. The van der Waals surface area contributed by atoms with Crippen molar-refractivity contribution in [3.63, 3.8) is 0 Å². The molecule has 0 fully saturated rings. The van der Waals surface area contributed by atoms with Gasteiger partial charge in [0.05, 0.1) is 5.69 Å². The highest BCUT2D eigenvalue weighted by Gasteiger charge is 2.29. The molecule has 3 heteroatoms. The molecule has 1 atom stereocenters. The van der Waals surface area contributed by atoms with Gasteiger partial charge in [0, 0.05) is 6.20 Å². The first-order chi connectivity index (χ1) is 14.8. The fourth-order valence-corrected chi connectivity index (χ4v) is 3.80. The zero-order valence-corrected chi connectivity index (χ0v) is 17.5. The van der Waals surface area contributed by atoms with E-state index >= 15 is 0 Å². The lowest BCUT2D eigenvalue weighted by molar-refractivity contribution is 0.253. The summed E-state index contributed by atoms with van der Waals surface area (Å²) in [6.45, 7) is 4.11. The predicted octanol–water partition coefficient (Wildman–Crippen LogP) is 5.50. The Hall–Kier alpha value is -3.17. The fourth-order valence-electron chi connectivity index (χ4n) is 3.80. The summed E-state index contributed by atoms with van der Waals surface area (Å²) in [5, 5.41) is 0. The van der Waals surface area contributed by atoms with Crippen LogP contribution in [0.15, 0.2) is 103 Å². The smallest absolute Gasteiger partial charge is 0.362 e. The van der Waals surface area contributed by atoms with E-state index in [9.17, 15) is 0 Å². The highest BCUT2D eigenvalue weighted by Crippen LogP contribution is 2.26. The summed E-state index contributed by atoms with van der Waals surface area (Å²) in [6.07, 6.45) is 2.53. The number of aryl methyl sites for hydroxylation is 2. The van der Waals surface area contributed by atoms with Gasteiger partial charge in [-0.15, -0.1) is 0 Å². The van der Waals surface area contributed by atoms with Gasteiger partial charge in [0.25, 0.3) is 0 Å². The van der Waals surface area contributed by atoms with Crippen LogP contribution in [0, 0.1) is 6.92 Å². The first-order valence-electron chi connectivity index (χ1n) is 10.5. The number of nitrogens with zero attached hydrogens (tertiary/aromatic N) is 1. The number of pyridine rings is 1. The van der Waals surface area contributed by atoms with Crippen molar-refractivity contribution in [1.82, 2.24) is 4.98 Å². The fraction of sp³-hybridized carbons (Fsp3) is 0.179. The summed E-state index contributed by atoms with van der Waals surface area (Å²) in [5.41, 5.74) is 6.90. The molecular weight excluding hydrogens is 377 g/mol. The zero-order chi connectivity index (χ0) is 20.8. The van der Waals surface area contributed by atoms with Gasteiger partial charge in [-0.2, -0.15) is 0 Å². The van der Waals surface area contributed by atoms with Crippen LogP contribution in [0.3, 0.4) is 0 Å². The van der Waals surface area contributed by atoms with E-state index in [4.69, 9.17) is 4.65 Å². The summed E-state index contributed by atoms with van der Waals surface area (Å²) >= 11 is 0. The van der Waals surface area contributed by atoms with E-state index in [-0.39, 0.29) is 20.4 Å². The van der Waals surface area contributed by atoms with Crippen LogP contribution >= 0.6 is 0 Å². The number of hydrogen-bond donors (Lipinski definition) is 0. The van der Waals surface area contributed by atoms with Crippen molar-refractivity contribution >= 4 is 17.8 Å². The minimum absolute atomic E-state index is 0. The van der Waals surface area contributed by atoms with E-state index in [0.29, 0.717) is 0 Å². The van der Waals surface area contributed by atoms with Crippen LogP contribution in [-0.4, -0.2) is 11.9 Å². The average Bonchev–Trinajstić information content (AvgIpc) is 2.82. The molecule has 4 rings (SSSR count). The van der Waals surface area contributed by atoms with Crippen LogP contribution in [0.25, 0.3) is 0 Å². The molecule has 3 aromatic carbocycles. The van der Waals surface area contributed by atoms with Crippen molar-refractivity contribution in [2.24, 2.45) is 0 Å². The lowest BCUT2D eigenvalue weighted by Crippen LogP contribution is -2.47. The molecule has 0 bridgehead atoms. The first-order valence-corrected chi connectivity index (χ1v) is 10.5. The molecule has 31 heavy (non-hydrogen) atoms. The number of rotatable bonds is 7. The summed E-state index contributed by atoms with van der Waals surface area (Å²) in [4.78, 5) is 4.64. The van der Waals surface area contributed by atoms with Crippen molar-refractivity contribution in [2.75, 3.05) is 0 Å². The minimum Gasteiger partial charge on any atom is -0.414 e. The van der Waals surface area contributed by atoms with Crippen LogP contribution in [-0.2, 0) is 11.1 Å². The molecule has 1 aromatic heterocycles. The van der Waals surface area contributed by atoms with E-state index in [0.717, 1.165) is 23.1 Å². The van der Waals surface area contributed by atoms with Gasteiger partial charge in [-0.25, -0.2) is 0 Å². The van der Waals surface area contributed by atoms with E-state index in [1.807, 2.05) is 30.5 Å². The van der Waals surface area contributed by atoms with Crippen molar-refractivity contribution in [3.8, 4) is 0 Å². The lowest BCUT2D eigenvalue weighted by atomic mass is 9.53. The van der Waals surface area contributed by atoms with Crippen LogP contribution in [0.1, 0.15) is 42.8 Å². The Kier molecular flexibility index (Phi) is 7.80. The molecule has 0 saturated carbocycles. The average molecular weight is 407 g/mol. The summed E-state index contributed by atoms with van der Waals surface area (Å²) in [7, 11) is 0. The SMILES string of the molecule is C.CCc1ccccc1B(OC(c1ccc(C)cc1)c1ccccn1)c1ccccc1. The van der Waals surface area contributed by atoms with Crippen molar-refractivity contribution in [2.45, 2.75) is 33.8 Å². The summed E-state index contributed by atoms with van der Waals surface area (Å²) in [6, 6.07) is 33.6. The molecule has 156 valence electrons. The Labute approximate surface area is 187 Å². The van der Waals surface area contributed by atoms with Gasteiger partial charge in [-0.05, 0) is 42.0 Å². The lowest BCUT2D eigenvalue weighted by Gasteiger charge is -2.25. The van der Waals surface area contributed by atoms with Gasteiger partial charge in [-0.3, -0.25) is 4.98 Å². The molecule has 0 aliphatic rings. The third kappa shape index (κ3) is 5.31. The maximum absolute atomic E-state index is 6.91. The monoisotopic (exact) mass is 407 g/mol. The standard InChI is InChI=1S/C27H26BNO.CH4/c1-3-22-11-7-8-14-25(22)28(24-12-5-4-6-13-24)30-27(26-15-9-10-20-29-26)23-18-16-21(2)17-19-23;/h4-20,27H,3H2,1-2H3;1H4. The first kappa shape index (κ1) is 22.5. The van der Waals surface area contributed by atoms with Gasteiger partial charge in [-0.1, -0.05) is 110 Å². The normalized spacial score (nSPS) is 11.4. The van der Waals surface area contributed by atoms with Gasteiger partial charge >= 0.3 is 6.92 Å². The molecule has 0 saturated heterocycles. The van der Waals surface area contributed by atoms with E-state index in [1.165, 1.54) is 16.6 Å². The van der Waals surface area contributed by atoms with Gasteiger partial charge in [0.2, 0.25) is 0 Å². The number of aromatic nitrogens is 1. The molecule has 0 aliphatic carbocycles. The maximum atomic E-state index is 6.91. The molecule has 0 aliphatic heterocycles. The van der Waals surface area contributed by atoms with Gasteiger partial charge in [0.1, 0.15) is 6.10 Å². The molecule has 1 heterocycles. The Balaban J connectivity index is 0.00000272. The molecule has 0 N–H and O–H groups in total. The second-order valence-corrected chi connectivity index (χ2v) is 7.52. The van der Waals surface area contributed by atoms with Crippen molar-refractivity contribution in [1.29, 1.82) is 0 Å². The number of hydrogen-bond acceptors (Lipinski definition) is 2. The Morgan fingerprint density at radius 2 is 1.48 bits per heavy atom. The molecule has 1 unspecified atom stereocenters. The van der Waals surface area contributed by atoms with E-state index in [1.54, 1.807) is 0 Å². The topological polar surface area (TPSA) is 22.1 Å². The highest BCUT2D eigenvalue weighted by atomic mass is 16.4. The van der Waals surface area contributed by atoms with Crippen molar-refractivity contribution < 1.29 is 4.65 Å². The third-order valence-electron chi connectivity index (χ3n) is 5.43. The minimum atomic E-state index is -0.262. The van der Waals surface area contributed by atoms with Crippen LogP contribution in [0.4, 0.5) is 0 Å². The third-order valence-corrected chi connectivity index (χ3v) is 5.43. The molecule has 4 aromatic rings. The van der Waals surface area contributed by atoms with Gasteiger partial charge < -0.3 is 4.65 Å². The maximum Gasteiger partial charge on any atom is 0.362 e. The largest absolute Gasteiger partial charge is 0.414 e. The Bertz CT molecular complexity index is 1060. The Morgan fingerprint density at radius 3 is 2.16 bits per heavy atom. The molecule has 0 radical (unpaired) electrons. The Morgan fingerprint density at radius 1 is 0.806 bits per heavy atom. The van der Waals surface area contributed by atoms with Gasteiger partial charge in [0.15, 0.2) is 0 Å². The van der Waals surface area contributed by atoms with E-state index in [2.05, 4.69) is 91.6 Å². The summed E-state index contributed by atoms with van der Waals surface area (Å²) in [5.74, 6) is 0. The number of benzene rings is 3. The molecular formula is C28H30BNO. The summed E-state index contributed by atoms with van der Waals surface area (Å²) < 4.78 is 6.91. The van der Waals surface area contributed by atoms with Crippen molar-refractivity contribution in [3.05, 3.63) is 126 Å². The van der Waals surface area contributed by atoms with Crippen LogP contribution in [0.2, 0.25) is 0 Å². The zero-order valence-electron chi connectivity index (χ0n) is 17.5. The molecule has 2 nitrogen and oxygen atoms in total. The molecule has 0 spiro atoms.